The zero-order valence-corrected chi connectivity index (χ0v) is 14.3. The highest BCUT2D eigenvalue weighted by molar-refractivity contribution is 6.05. The van der Waals surface area contributed by atoms with Crippen LogP contribution in [-0.2, 0) is 23.1 Å². The van der Waals surface area contributed by atoms with Gasteiger partial charge < -0.3 is 24.9 Å². The maximum absolute atomic E-state index is 11.5. The number of hydrogen-bond acceptors (Lipinski definition) is 4. The van der Waals surface area contributed by atoms with E-state index in [2.05, 4.69) is 9.97 Å². The molecule has 4 N–H and O–H groups in total. The van der Waals surface area contributed by atoms with Crippen molar-refractivity contribution in [2.24, 2.45) is 7.05 Å². The molecule has 0 atom stereocenters. The highest BCUT2D eigenvalue weighted by Gasteiger charge is 2.20. The number of imidazole rings is 1. The van der Waals surface area contributed by atoms with Gasteiger partial charge in [-0.05, 0) is 6.07 Å². The highest BCUT2D eigenvalue weighted by atomic mass is 16.4. The zero-order valence-electron chi connectivity index (χ0n) is 14.3. The number of H-pyrrole nitrogens is 1. The van der Waals surface area contributed by atoms with Crippen LogP contribution in [0.25, 0.3) is 10.9 Å². The molecule has 27 heavy (non-hydrogen) atoms. The molecule has 0 unspecified atom stereocenters. The molecule has 9 nitrogen and oxygen atoms in total. The van der Waals surface area contributed by atoms with E-state index in [0.717, 1.165) is 22.3 Å². The van der Waals surface area contributed by atoms with Gasteiger partial charge in [-0.15, -0.1) is 0 Å². The van der Waals surface area contributed by atoms with Gasteiger partial charge in [-0.1, -0.05) is 18.2 Å². The fourth-order valence-electron chi connectivity index (χ4n) is 2.60. The Labute approximate surface area is 153 Å². The van der Waals surface area contributed by atoms with Gasteiger partial charge in [0.2, 0.25) is 0 Å². The number of aromatic carboxylic acids is 1. The quantitative estimate of drug-likeness (QED) is 0.501. The maximum atomic E-state index is 11.5. The van der Waals surface area contributed by atoms with E-state index in [-0.39, 0.29) is 0 Å². The summed E-state index contributed by atoms with van der Waals surface area (Å²) in [5, 5.41) is 25.9. The molecule has 2 aromatic heterocycles. The largest absolute Gasteiger partial charge is 0.478 e. The van der Waals surface area contributed by atoms with E-state index in [1.807, 2.05) is 35.9 Å². The van der Waals surface area contributed by atoms with Crippen molar-refractivity contribution in [2.45, 2.75) is 6.42 Å². The summed E-state index contributed by atoms with van der Waals surface area (Å²) in [6.45, 7) is 0. The molecule has 0 saturated heterocycles. The van der Waals surface area contributed by atoms with Crippen LogP contribution in [-0.4, -0.2) is 47.8 Å². The third-order valence-electron chi connectivity index (χ3n) is 3.72. The highest BCUT2D eigenvalue weighted by Crippen LogP contribution is 2.26. The number of carboxylic acid groups (broad SMARTS) is 3. The van der Waals surface area contributed by atoms with Gasteiger partial charge in [0.1, 0.15) is 0 Å². The molecule has 0 aliphatic carbocycles. The number of hydrogen-bond donors (Lipinski definition) is 4. The van der Waals surface area contributed by atoms with E-state index in [9.17, 15) is 19.5 Å². The number of carboxylic acids is 3. The van der Waals surface area contributed by atoms with Crippen molar-refractivity contribution in [3.05, 3.63) is 65.9 Å². The minimum atomic E-state index is -1.26. The van der Waals surface area contributed by atoms with Crippen LogP contribution in [0.15, 0.2) is 48.9 Å². The molecule has 3 aromatic rings. The van der Waals surface area contributed by atoms with Crippen molar-refractivity contribution in [1.29, 1.82) is 0 Å². The molecule has 1 aromatic carbocycles. The number of benzene rings is 1. The van der Waals surface area contributed by atoms with Crippen LogP contribution in [0.5, 0.6) is 0 Å². The first-order valence-electron chi connectivity index (χ1n) is 7.72. The third kappa shape index (κ3) is 4.82. The van der Waals surface area contributed by atoms with Crippen molar-refractivity contribution in [3.8, 4) is 0 Å². The smallest absolute Gasteiger partial charge is 0.338 e. The molecule has 9 heteroatoms. The minimum absolute atomic E-state index is 0.368. The second-order valence-corrected chi connectivity index (χ2v) is 5.47. The van der Waals surface area contributed by atoms with Crippen LogP contribution in [0.1, 0.15) is 21.7 Å². The second-order valence-electron chi connectivity index (χ2n) is 5.47. The van der Waals surface area contributed by atoms with Crippen molar-refractivity contribution >= 4 is 28.8 Å². The zero-order chi connectivity index (χ0) is 20.0. The molecule has 0 saturated carbocycles. The Bertz CT molecular complexity index is 986. The number of nitrogens with one attached hydrogen (secondary N) is 1. The van der Waals surface area contributed by atoms with Crippen LogP contribution in [0.4, 0.5) is 0 Å². The average Bonchev–Trinajstić information content (AvgIpc) is 3.21. The van der Waals surface area contributed by atoms with Crippen molar-refractivity contribution in [3.63, 3.8) is 0 Å². The predicted molar refractivity (Wildman–Crippen MR) is 95.7 cm³/mol. The molecule has 0 aliphatic rings. The Hall–Kier alpha value is -3.88. The van der Waals surface area contributed by atoms with Gasteiger partial charge in [0.15, 0.2) is 0 Å². The third-order valence-corrected chi connectivity index (χ3v) is 3.72. The number of fused-ring (bicyclic) bond motifs is 1. The number of para-hydroxylation sites is 1. The number of rotatable bonds is 5. The SMILES string of the molecule is Cn1c(Cc2cnc[nH]2)c(C(=O)O)c2ccccc21.O=C(O)C=CC(=O)O. The van der Waals surface area contributed by atoms with Crippen LogP contribution in [0.3, 0.4) is 0 Å². The lowest BCUT2D eigenvalue weighted by Crippen LogP contribution is -2.05. The summed E-state index contributed by atoms with van der Waals surface area (Å²) in [6.07, 6.45) is 4.94. The lowest BCUT2D eigenvalue weighted by Gasteiger charge is -2.04. The van der Waals surface area contributed by atoms with E-state index in [4.69, 9.17) is 10.2 Å². The van der Waals surface area contributed by atoms with Crippen molar-refractivity contribution < 1.29 is 29.7 Å². The molecular formula is C18H17N3O6. The first-order chi connectivity index (χ1) is 12.8. The Morgan fingerprint density at radius 2 is 1.74 bits per heavy atom. The lowest BCUT2D eigenvalue weighted by molar-refractivity contribution is -0.134. The Kier molecular flexibility index (Phi) is 6.10. The number of aryl methyl sites for hydroxylation is 1. The molecule has 0 amide bonds. The van der Waals surface area contributed by atoms with Crippen LogP contribution in [0, 0.1) is 0 Å². The Morgan fingerprint density at radius 3 is 2.26 bits per heavy atom. The first-order valence-corrected chi connectivity index (χ1v) is 7.72. The van der Waals surface area contributed by atoms with Gasteiger partial charge in [-0.2, -0.15) is 0 Å². The summed E-state index contributed by atoms with van der Waals surface area (Å²) in [4.78, 5) is 37.6. The van der Waals surface area contributed by atoms with Gasteiger partial charge in [-0.3, -0.25) is 0 Å². The van der Waals surface area contributed by atoms with Gasteiger partial charge >= 0.3 is 17.9 Å². The van der Waals surface area contributed by atoms with Gasteiger partial charge in [0, 0.05) is 54.1 Å². The number of aromatic amines is 1. The van der Waals surface area contributed by atoms with Crippen LogP contribution >= 0.6 is 0 Å². The number of aromatic nitrogens is 3. The van der Waals surface area contributed by atoms with Gasteiger partial charge in [0.25, 0.3) is 0 Å². The summed E-state index contributed by atoms with van der Waals surface area (Å²) >= 11 is 0. The summed E-state index contributed by atoms with van der Waals surface area (Å²) in [7, 11) is 1.89. The van der Waals surface area contributed by atoms with Gasteiger partial charge in [0.05, 0.1) is 11.9 Å². The van der Waals surface area contributed by atoms with Crippen molar-refractivity contribution in [1.82, 2.24) is 14.5 Å². The topological polar surface area (TPSA) is 146 Å². The fourth-order valence-corrected chi connectivity index (χ4v) is 2.60. The van der Waals surface area contributed by atoms with Crippen molar-refractivity contribution in [2.75, 3.05) is 0 Å². The molecule has 0 fully saturated rings. The fraction of sp³-hybridized carbons (Fsp3) is 0.111. The number of carbonyl (C=O) groups is 3. The summed E-state index contributed by atoms with van der Waals surface area (Å²) in [5.41, 5.74) is 2.97. The summed E-state index contributed by atoms with van der Waals surface area (Å²) in [5.74, 6) is -3.41. The second kappa shape index (κ2) is 8.48. The molecular weight excluding hydrogens is 354 g/mol. The van der Waals surface area contributed by atoms with E-state index < -0.39 is 17.9 Å². The van der Waals surface area contributed by atoms with E-state index >= 15 is 0 Å². The molecule has 140 valence electrons. The number of aliphatic carboxylic acids is 2. The monoisotopic (exact) mass is 371 g/mol. The standard InChI is InChI=1S/C14H13N3O2.C4H4O4/c1-17-11-5-3-2-4-10(11)13(14(18)19)12(17)6-9-7-15-8-16-9;5-3(6)1-2-4(7)8/h2-5,7-8H,6H2,1H3,(H,15,16)(H,18,19);1-2H,(H,5,6)(H,7,8). The minimum Gasteiger partial charge on any atom is -0.478 e. The van der Waals surface area contributed by atoms with Gasteiger partial charge in [-0.25, -0.2) is 19.4 Å². The number of nitrogens with zero attached hydrogens (tertiary/aromatic N) is 2. The lowest BCUT2D eigenvalue weighted by atomic mass is 10.1. The summed E-state index contributed by atoms with van der Waals surface area (Å²) in [6, 6.07) is 7.54. The predicted octanol–water partition coefficient (Wildman–Crippen LogP) is 1.90. The molecule has 0 aliphatic heterocycles. The van der Waals surface area contributed by atoms with Crippen LogP contribution in [0.2, 0.25) is 0 Å². The summed E-state index contributed by atoms with van der Waals surface area (Å²) < 4.78 is 1.93. The van der Waals surface area contributed by atoms with E-state index in [1.54, 1.807) is 12.5 Å². The molecule has 2 heterocycles. The first kappa shape index (κ1) is 19.4. The average molecular weight is 371 g/mol. The molecule has 3 rings (SSSR count). The Balaban J connectivity index is 0.000000279. The molecule has 0 spiro atoms. The Morgan fingerprint density at radius 1 is 1.11 bits per heavy atom. The van der Waals surface area contributed by atoms with E-state index in [1.165, 1.54) is 0 Å². The molecule has 0 bridgehead atoms. The van der Waals surface area contributed by atoms with E-state index in [0.29, 0.717) is 24.1 Å². The molecule has 0 radical (unpaired) electrons. The van der Waals surface area contributed by atoms with Crippen LogP contribution < -0.4 is 0 Å². The maximum Gasteiger partial charge on any atom is 0.338 e. The normalized spacial score (nSPS) is 10.6.